The summed E-state index contributed by atoms with van der Waals surface area (Å²) in [5, 5.41) is 4.78. The third-order valence-corrected chi connectivity index (χ3v) is 11.0. The van der Waals surface area contributed by atoms with Crippen LogP contribution in [-0.2, 0) is 0 Å². The second-order valence-electron chi connectivity index (χ2n) is 14.1. The summed E-state index contributed by atoms with van der Waals surface area (Å²) in [7, 11) is 31.2. The van der Waals surface area contributed by atoms with Crippen LogP contribution in [0.5, 0.6) is 0 Å². The first-order valence-corrected chi connectivity index (χ1v) is 18.2. The van der Waals surface area contributed by atoms with Crippen molar-refractivity contribution in [1.82, 2.24) is 9.13 Å². The molecule has 2 nitrogen and oxygen atoms in total. The molecule has 0 atom stereocenters. The van der Waals surface area contributed by atoms with Crippen molar-refractivity contribution in [3.8, 4) is 44.8 Å². The minimum Gasteiger partial charge on any atom is -0.309 e. The lowest BCUT2D eigenvalue weighted by Crippen LogP contribution is -2.55. The normalized spacial score (nSPS) is 11.6. The minimum atomic E-state index is 0.205. The molecule has 10 rings (SSSR count). The zero-order valence-electron chi connectivity index (χ0n) is 29.9. The predicted molar refractivity (Wildman–Crippen MR) is 238 cm³/mol. The van der Waals surface area contributed by atoms with Gasteiger partial charge in [-0.3, -0.25) is 0 Å². The average molecular weight is 686 g/mol. The summed E-state index contributed by atoms with van der Waals surface area (Å²) in [5.41, 5.74) is 14.1. The largest absolute Gasteiger partial charge is 0.309 e. The molecule has 10 aromatic rings. The number of nitrogens with zero attached hydrogens (tertiary/aromatic N) is 2. The molecular formula is C48H27B5N2. The highest BCUT2D eigenvalue weighted by Gasteiger charge is 2.17. The van der Waals surface area contributed by atoms with Crippen LogP contribution < -0.4 is 27.3 Å². The third-order valence-electron chi connectivity index (χ3n) is 11.0. The third kappa shape index (κ3) is 5.25. The monoisotopic (exact) mass is 686 g/mol. The number of benzene rings is 8. The van der Waals surface area contributed by atoms with Crippen LogP contribution in [0.15, 0.2) is 164 Å². The van der Waals surface area contributed by atoms with Crippen LogP contribution in [-0.4, -0.2) is 48.4 Å². The molecule has 10 radical (unpaired) electrons. The lowest BCUT2D eigenvalue weighted by Gasteiger charge is -2.21. The maximum atomic E-state index is 6.39. The molecule has 0 aliphatic heterocycles. The Morgan fingerprint density at radius 3 is 1.29 bits per heavy atom. The molecule has 0 N–H and O–H groups in total. The molecule has 244 valence electrons. The molecule has 0 saturated carbocycles. The van der Waals surface area contributed by atoms with E-state index in [1.165, 1.54) is 43.7 Å². The molecule has 0 aliphatic carbocycles. The fourth-order valence-corrected chi connectivity index (χ4v) is 8.25. The van der Waals surface area contributed by atoms with Crippen LogP contribution >= 0.6 is 0 Å². The van der Waals surface area contributed by atoms with Crippen molar-refractivity contribution in [3.63, 3.8) is 0 Å². The summed E-state index contributed by atoms with van der Waals surface area (Å²) in [4.78, 5) is 0. The van der Waals surface area contributed by atoms with Gasteiger partial charge >= 0.3 is 0 Å². The summed E-state index contributed by atoms with van der Waals surface area (Å²) in [6.45, 7) is 0. The SMILES string of the molecule is [B]c1c([B])c([B])c(-c2ccc(-n3c4ccccc4c4cc(-c5ccc6c(c5)c5ccccc5n6-c5cccc(-c6ccccc6)c5)ccc43)cc2)c([B])c1[B]. The van der Waals surface area contributed by atoms with Gasteiger partial charge in [-0.05, 0) is 94.0 Å². The van der Waals surface area contributed by atoms with E-state index in [0.717, 1.165) is 39.1 Å². The Hall–Kier alpha value is -6.32. The molecule has 0 bridgehead atoms. The van der Waals surface area contributed by atoms with Gasteiger partial charge in [-0.2, -0.15) is 0 Å². The molecule has 0 aliphatic rings. The van der Waals surface area contributed by atoms with Gasteiger partial charge in [0.15, 0.2) is 0 Å². The van der Waals surface area contributed by atoms with Crippen molar-refractivity contribution < 1.29 is 0 Å². The standard InChI is InChI=1S/C48H27B5N2/c49-44-43(45(50)47(52)48(53)46(44)51)29-17-21-33(22-18-29)54-39-15-6-4-13-35(39)37-26-31(19-23-41(37)54)32-20-24-42-38(27-32)36-14-5-7-16-40(36)55(42)34-12-8-11-30(25-34)28-9-2-1-3-10-28/h1-27H. The Balaban J connectivity index is 1.08. The van der Waals surface area contributed by atoms with Crippen molar-refractivity contribution in [1.29, 1.82) is 0 Å². The first kappa shape index (κ1) is 33.3. The van der Waals surface area contributed by atoms with Crippen molar-refractivity contribution in [3.05, 3.63) is 164 Å². The molecule has 8 aromatic carbocycles. The summed E-state index contributed by atoms with van der Waals surface area (Å²) in [5.74, 6) is 0. The first-order chi connectivity index (χ1) is 26.9. The zero-order chi connectivity index (χ0) is 37.4. The zero-order valence-corrected chi connectivity index (χ0v) is 29.9. The van der Waals surface area contributed by atoms with Crippen LogP contribution in [0, 0.1) is 0 Å². The molecule has 0 unspecified atom stereocenters. The minimum absolute atomic E-state index is 0.205. The quantitative estimate of drug-likeness (QED) is 0.176. The van der Waals surface area contributed by atoms with E-state index in [0.29, 0.717) is 16.5 Å². The lowest BCUT2D eigenvalue weighted by atomic mass is 9.60. The first-order valence-electron chi connectivity index (χ1n) is 18.2. The summed E-state index contributed by atoms with van der Waals surface area (Å²) < 4.78 is 4.67. The number of hydrogen-bond acceptors (Lipinski definition) is 0. The molecule has 7 heteroatoms. The van der Waals surface area contributed by atoms with E-state index in [-0.39, 0.29) is 16.4 Å². The van der Waals surface area contributed by atoms with Crippen molar-refractivity contribution in [2.75, 3.05) is 0 Å². The Bertz CT molecular complexity index is 3110. The fraction of sp³-hybridized carbons (Fsp3) is 0. The molecule has 0 fully saturated rings. The number of fused-ring (bicyclic) bond motifs is 6. The van der Waals surface area contributed by atoms with E-state index in [4.69, 9.17) is 39.2 Å². The highest BCUT2D eigenvalue weighted by Crippen LogP contribution is 2.39. The smallest absolute Gasteiger partial charge is 0.113 e. The van der Waals surface area contributed by atoms with Gasteiger partial charge in [0.1, 0.15) is 39.2 Å². The van der Waals surface area contributed by atoms with E-state index in [1.807, 2.05) is 12.1 Å². The Kier molecular flexibility index (Phi) is 7.82. The van der Waals surface area contributed by atoms with Crippen LogP contribution in [0.25, 0.3) is 88.4 Å². The second kappa shape index (κ2) is 12.9. The highest BCUT2D eigenvalue weighted by molar-refractivity contribution is 6.68. The van der Waals surface area contributed by atoms with Gasteiger partial charge < -0.3 is 9.13 Å². The molecule has 0 amide bonds. The van der Waals surface area contributed by atoms with Crippen LogP contribution in [0.1, 0.15) is 0 Å². The molecule has 2 heterocycles. The molecule has 2 aromatic heterocycles. The van der Waals surface area contributed by atoms with Gasteiger partial charge in [0.25, 0.3) is 0 Å². The molecule has 0 spiro atoms. The molecule has 55 heavy (non-hydrogen) atoms. The topological polar surface area (TPSA) is 9.86 Å². The highest BCUT2D eigenvalue weighted by atomic mass is 15.0. The van der Waals surface area contributed by atoms with E-state index >= 15 is 0 Å². The Morgan fingerprint density at radius 1 is 0.273 bits per heavy atom. The van der Waals surface area contributed by atoms with Crippen molar-refractivity contribution in [2.24, 2.45) is 0 Å². The van der Waals surface area contributed by atoms with Crippen LogP contribution in [0.4, 0.5) is 0 Å². The number of hydrogen-bond donors (Lipinski definition) is 0. The van der Waals surface area contributed by atoms with Gasteiger partial charge in [-0.1, -0.05) is 114 Å². The Labute approximate surface area is 326 Å². The molecule has 0 saturated heterocycles. The second-order valence-corrected chi connectivity index (χ2v) is 14.1. The van der Waals surface area contributed by atoms with Gasteiger partial charge in [-0.25, -0.2) is 0 Å². The van der Waals surface area contributed by atoms with Crippen molar-refractivity contribution >= 4 is 110 Å². The number of para-hydroxylation sites is 2. The van der Waals surface area contributed by atoms with E-state index < -0.39 is 0 Å². The van der Waals surface area contributed by atoms with Crippen molar-refractivity contribution in [2.45, 2.75) is 0 Å². The number of aromatic nitrogens is 2. The lowest BCUT2D eigenvalue weighted by molar-refractivity contribution is 1.18. The Morgan fingerprint density at radius 2 is 0.709 bits per heavy atom. The summed E-state index contributed by atoms with van der Waals surface area (Å²) in [6.07, 6.45) is 0. The summed E-state index contributed by atoms with van der Waals surface area (Å²) in [6, 6.07) is 58.2. The van der Waals surface area contributed by atoms with E-state index in [9.17, 15) is 0 Å². The average Bonchev–Trinajstić information content (AvgIpc) is 3.75. The van der Waals surface area contributed by atoms with Gasteiger partial charge in [0, 0.05) is 32.9 Å². The number of rotatable bonds is 5. The van der Waals surface area contributed by atoms with Crippen LogP contribution in [0.3, 0.4) is 0 Å². The molecular weight excluding hydrogens is 659 g/mol. The van der Waals surface area contributed by atoms with Gasteiger partial charge in [0.05, 0.1) is 22.1 Å². The van der Waals surface area contributed by atoms with E-state index in [2.05, 4.69) is 161 Å². The summed E-state index contributed by atoms with van der Waals surface area (Å²) >= 11 is 0. The van der Waals surface area contributed by atoms with Gasteiger partial charge in [-0.15, -0.1) is 16.4 Å². The van der Waals surface area contributed by atoms with Crippen LogP contribution in [0.2, 0.25) is 0 Å². The maximum absolute atomic E-state index is 6.39. The van der Waals surface area contributed by atoms with Gasteiger partial charge in [0.2, 0.25) is 0 Å². The predicted octanol–water partition coefficient (Wildman–Crippen LogP) is 6.85. The fourth-order valence-electron chi connectivity index (χ4n) is 8.25. The van der Waals surface area contributed by atoms with E-state index in [1.54, 1.807) is 0 Å². The maximum Gasteiger partial charge on any atom is 0.113 e.